The molecule has 1 saturated carbocycles. The molecule has 0 saturated heterocycles. The van der Waals surface area contributed by atoms with Gasteiger partial charge >= 0.3 is 10.2 Å². The van der Waals surface area contributed by atoms with Crippen LogP contribution in [0.3, 0.4) is 0 Å². The fraction of sp³-hybridized carbons (Fsp3) is 0.538. The number of rotatable bonds is 8. The Morgan fingerprint density at radius 1 is 1.43 bits per heavy atom. The first-order valence-corrected chi connectivity index (χ1v) is 9.04. The number of hydrogen-bond donors (Lipinski definition) is 2. The van der Waals surface area contributed by atoms with Crippen molar-refractivity contribution in [1.29, 1.82) is 0 Å². The summed E-state index contributed by atoms with van der Waals surface area (Å²) in [4.78, 5) is 0. The summed E-state index contributed by atoms with van der Waals surface area (Å²) in [7, 11) is -2.09. The minimum Gasteiger partial charge on any atom is -0.314 e. The standard InChI is InChI=1S/C13H19BrFN3O2S/c1-18(8-2-7-16-10-3-4-10)21(19,20)17-11-5-6-13(15)12(14)9-11/h5-6,9-10,16-17H,2-4,7-8H2,1H3. The van der Waals surface area contributed by atoms with Crippen LogP contribution < -0.4 is 10.0 Å². The summed E-state index contributed by atoms with van der Waals surface area (Å²) in [6.07, 6.45) is 3.19. The molecule has 0 spiro atoms. The van der Waals surface area contributed by atoms with Crippen molar-refractivity contribution < 1.29 is 12.8 Å². The van der Waals surface area contributed by atoms with E-state index in [0.29, 0.717) is 18.3 Å². The molecule has 0 radical (unpaired) electrons. The average Bonchev–Trinajstić information content (AvgIpc) is 3.22. The third-order valence-electron chi connectivity index (χ3n) is 3.24. The molecule has 1 aliphatic carbocycles. The van der Waals surface area contributed by atoms with Gasteiger partial charge in [-0.25, -0.2) is 4.39 Å². The molecule has 0 atom stereocenters. The van der Waals surface area contributed by atoms with Gasteiger partial charge in [0.25, 0.3) is 0 Å². The summed E-state index contributed by atoms with van der Waals surface area (Å²) in [6, 6.07) is 4.62. The van der Waals surface area contributed by atoms with Gasteiger partial charge < -0.3 is 5.32 Å². The molecule has 8 heteroatoms. The maximum absolute atomic E-state index is 13.1. The molecule has 118 valence electrons. The van der Waals surface area contributed by atoms with Crippen molar-refractivity contribution in [2.75, 3.05) is 24.9 Å². The van der Waals surface area contributed by atoms with Gasteiger partial charge in [-0.15, -0.1) is 0 Å². The number of benzene rings is 1. The molecule has 1 aromatic rings. The molecule has 0 aliphatic heterocycles. The molecule has 1 aromatic carbocycles. The van der Waals surface area contributed by atoms with Crippen molar-refractivity contribution in [2.45, 2.75) is 25.3 Å². The zero-order chi connectivity index (χ0) is 15.5. The van der Waals surface area contributed by atoms with E-state index in [9.17, 15) is 12.8 Å². The summed E-state index contributed by atoms with van der Waals surface area (Å²) in [5.41, 5.74) is 0.325. The Bertz CT molecular complexity index is 593. The highest BCUT2D eigenvalue weighted by atomic mass is 79.9. The lowest BCUT2D eigenvalue weighted by Crippen LogP contribution is -2.34. The Balaban J connectivity index is 1.85. The lowest BCUT2D eigenvalue weighted by atomic mass is 10.3. The number of nitrogens with one attached hydrogen (secondary N) is 2. The lowest BCUT2D eigenvalue weighted by Gasteiger charge is -2.18. The first-order valence-electron chi connectivity index (χ1n) is 6.81. The minimum absolute atomic E-state index is 0.221. The largest absolute Gasteiger partial charge is 0.314 e. The van der Waals surface area contributed by atoms with Gasteiger partial charge in [0, 0.05) is 19.6 Å². The van der Waals surface area contributed by atoms with E-state index in [4.69, 9.17) is 0 Å². The van der Waals surface area contributed by atoms with Crippen molar-refractivity contribution in [1.82, 2.24) is 9.62 Å². The van der Waals surface area contributed by atoms with E-state index in [0.717, 1.165) is 13.0 Å². The van der Waals surface area contributed by atoms with Gasteiger partial charge in [0.1, 0.15) is 5.82 Å². The Hall–Kier alpha value is -0.700. The molecule has 1 fully saturated rings. The first-order chi connectivity index (χ1) is 9.88. The summed E-state index contributed by atoms with van der Waals surface area (Å²) >= 11 is 3.03. The highest BCUT2D eigenvalue weighted by Crippen LogP contribution is 2.21. The molecule has 2 rings (SSSR count). The van der Waals surface area contributed by atoms with Crippen LogP contribution in [0.25, 0.3) is 0 Å². The Kier molecular flexibility index (Phi) is 5.59. The van der Waals surface area contributed by atoms with Crippen LogP contribution >= 0.6 is 15.9 Å². The summed E-state index contributed by atoms with van der Waals surface area (Å²) < 4.78 is 41.3. The minimum atomic E-state index is -3.62. The summed E-state index contributed by atoms with van der Waals surface area (Å²) in [6.45, 7) is 1.24. The zero-order valence-corrected chi connectivity index (χ0v) is 14.2. The average molecular weight is 380 g/mol. The van der Waals surface area contributed by atoms with E-state index in [1.54, 1.807) is 0 Å². The van der Waals surface area contributed by atoms with Crippen molar-refractivity contribution in [2.24, 2.45) is 0 Å². The maximum Gasteiger partial charge on any atom is 0.301 e. The number of anilines is 1. The maximum atomic E-state index is 13.1. The number of nitrogens with zero attached hydrogens (tertiary/aromatic N) is 1. The molecular formula is C13H19BrFN3O2S. The van der Waals surface area contributed by atoms with E-state index >= 15 is 0 Å². The second kappa shape index (κ2) is 7.04. The van der Waals surface area contributed by atoms with E-state index in [-0.39, 0.29) is 4.47 Å². The highest BCUT2D eigenvalue weighted by molar-refractivity contribution is 9.10. The lowest BCUT2D eigenvalue weighted by molar-refractivity contribution is 0.458. The number of hydrogen-bond acceptors (Lipinski definition) is 3. The fourth-order valence-electron chi connectivity index (χ4n) is 1.80. The second-order valence-corrected chi connectivity index (χ2v) is 7.77. The van der Waals surface area contributed by atoms with E-state index < -0.39 is 16.0 Å². The predicted octanol–water partition coefficient (Wildman–Crippen LogP) is 2.32. The molecule has 0 bridgehead atoms. The van der Waals surface area contributed by atoms with Gasteiger partial charge in [0.05, 0.1) is 10.2 Å². The molecule has 2 N–H and O–H groups in total. The van der Waals surface area contributed by atoms with Crippen LogP contribution in [0.1, 0.15) is 19.3 Å². The van der Waals surface area contributed by atoms with Crippen LogP contribution in [0.4, 0.5) is 10.1 Å². The van der Waals surface area contributed by atoms with Crippen molar-refractivity contribution in [3.8, 4) is 0 Å². The zero-order valence-electron chi connectivity index (χ0n) is 11.8. The van der Waals surface area contributed by atoms with Gasteiger partial charge in [0.2, 0.25) is 0 Å². The molecule has 0 amide bonds. The van der Waals surface area contributed by atoms with E-state index in [1.165, 1.54) is 42.4 Å². The van der Waals surface area contributed by atoms with E-state index in [1.807, 2.05) is 0 Å². The quantitative estimate of drug-likeness (QED) is 0.681. The van der Waals surface area contributed by atoms with Gasteiger partial charge in [-0.3, -0.25) is 4.72 Å². The molecule has 0 aromatic heterocycles. The molecular weight excluding hydrogens is 361 g/mol. The first kappa shape index (κ1) is 16.7. The predicted molar refractivity (Wildman–Crippen MR) is 84.9 cm³/mol. The Labute approximate surface area is 133 Å². The summed E-state index contributed by atoms with van der Waals surface area (Å²) in [5.74, 6) is -0.433. The van der Waals surface area contributed by atoms with Crippen LogP contribution in [0.2, 0.25) is 0 Å². The van der Waals surface area contributed by atoms with Crippen LogP contribution in [0, 0.1) is 5.82 Å². The molecule has 0 unspecified atom stereocenters. The van der Waals surface area contributed by atoms with Gasteiger partial charge in [-0.1, -0.05) is 0 Å². The van der Waals surface area contributed by atoms with Crippen LogP contribution in [-0.2, 0) is 10.2 Å². The third-order valence-corrected chi connectivity index (χ3v) is 5.34. The fourth-order valence-corrected chi connectivity index (χ4v) is 3.13. The van der Waals surface area contributed by atoms with Crippen LogP contribution in [-0.4, -0.2) is 38.9 Å². The van der Waals surface area contributed by atoms with Crippen molar-refractivity contribution >= 4 is 31.8 Å². The van der Waals surface area contributed by atoms with Crippen molar-refractivity contribution in [3.63, 3.8) is 0 Å². The summed E-state index contributed by atoms with van der Waals surface area (Å²) in [5, 5.41) is 3.34. The molecule has 5 nitrogen and oxygen atoms in total. The Morgan fingerprint density at radius 2 is 2.14 bits per heavy atom. The smallest absolute Gasteiger partial charge is 0.301 e. The topological polar surface area (TPSA) is 61.4 Å². The van der Waals surface area contributed by atoms with Crippen LogP contribution in [0.5, 0.6) is 0 Å². The highest BCUT2D eigenvalue weighted by Gasteiger charge is 2.21. The monoisotopic (exact) mass is 379 g/mol. The van der Waals surface area contributed by atoms with Crippen molar-refractivity contribution in [3.05, 3.63) is 28.5 Å². The van der Waals surface area contributed by atoms with Crippen LogP contribution in [0.15, 0.2) is 22.7 Å². The third kappa shape index (κ3) is 5.21. The van der Waals surface area contributed by atoms with Gasteiger partial charge in [-0.2, -0.15) is 12.7 Å². The molecule has 21 heavy (non-hydrogen) atoms. The van der Waals surface area contributed by atoms with E-state index in [2.05, 4.69) is 26.0 Å². The SMILES string of the molecule is CN(CCCNC1CC1)S(=O)(=O)Nc1ccc(F)c(Br)c1. The molecule has 0 heterocycles. The van der Waals surface area contributed by atoms with Gasteiger partial charge in [0.15, 0.2) is 0 Å². The number of halogens is 2. The second-order valence-electron chi connectivity index (χ2n) is 5.14. The Morgan fingerprint density at radius 3 is 2.76 bits per heavy atom. The normalized spacial score (nSPS) is 15.4. The van der Waals surface area contributed by atoms with Gasteiger partial charge in [-0.05, 0) is 59.9 Å². The molecule has 1 aliphatic rings.